The van der Waals surface area contributed by atoms with Crippen LogP contribution in [0.3, 0.4) is 0 Å². The third-order valence-electron chi connectivity index (χ3n) is 5.21. The van der Waals surface area contributed by atoms with E-state index in [2.05, 4.69) is 47.4 Å². The monoisotopic (exact) mass is 402 g/mol. The first-order valence-corrected chi connectivity index (χ1v) is 11.2. The zero-order chi connectivity index (χ0) is 20.1. The van der Waals surface area contributed by atoms with E-state index in [9.17, 15) is 0 Å². The van der Waals surface area contributed by atoms with Crippen LogP contribution in [-0.4, -0.2) is 46.3 Å². The molecule has 3 rings (SSSR count). The molecule has 0 fully saturated rings. The van der Waals surface area contributed by atoms with Gasteiger partial charge in [0.1, 0.15) is 0 Å². The van der Waals surface area contributed by atoms with Gasteiger partial charge in [-0.1, -0.05) is 13.8 Å². The average molecular weight is 403 g/mol. The number of hydrogen-bond acceptors (Lipinski definition) is 4. The number of rotatable bonds is 7. The molecule has 0 saturated carbocycles. The molecule has 1 N–H and O–H groups in total. The first kappa shape index (κ1) is 20.8. The van der Waals surface area contributed by atoms with Crippen molar-refractivity contribution in [2.45, 2.75) is 64.8 Å². The highest BCUT2D eigenvalue weighted by atomic mass is 32.1. The van der Waals surface area contributed by atoms with E-state index in [1.54, 1.807) is 0 Å². The Morgan fingerprint density at radius 2 is 2.14 bits per heavy atom. The van der Waals surface area contributed by atoms with Gasteiger partial charge in [0.05, 0.1) is 16.4 Å². The van der Waals surface area contributed by atoms with Crippen LogP contribution in [0.5, 0.6) is 0 Å². The van der Waals surface area contributed by atoms with Gasteiger partial charge in [-0.15, -0.1) is 11.3 Å². The fraction of sp³-hybridized carbons (Fsp3) is 0.667. The van der Waals surface area contributed by atoms with Crippen LogP contribution in [0, 0.1) is 0 Å². The Bertz CT molecular complexity index is 780. The molecule has 1 aliphatic carbocycles. The van der Waals surface area contributed by atoms with Crippen molar-refractivity contribution in [3.8, 4) is 0 Å². The number of thiazole rings is 1. The summed E-state index contributed by atoms with van der Waals surface area (Å²) < 4.78 is 1.91. The van der Waals surface area contributed by atoms with Gasteiger partial charge in [-0.25, -0.2) is 4.98 Å². The number of aromatic nitrogens is 3. The molecule has 1 aliphatic rings. The van der Waals surface area contributed by atoms with Crippen molar-refractivity contribution >= 4 is 17.3 Å². The lowest BCUT2D eigenvalue weighted by Gasteiger charge is -2.22. The van der Waals surface area contributed by atoms with Crippen molar-refractivity contribution in [1.29, 1.82) is 0 Å². The predicted octanol–water partition coefficient (Wildman–Crippen LogP) is 3.52. The molecule has 2 aromatic heterocycles. The van der Waals surface area contributed by atoms with Gasteiger partial charge >= 0.3 is 0 Å². The van der Waals surface area contributed by atoms with Crippen LogP contribution in [0.4, 0.5) is 0 Å². The molecule has 0 radical (unpaired) electrons. The highest BCUT2D eigenvalue weighted by Crippen LogP contribution is 2.27. The molecular formula is C21H34N6S. The molecule has 2 heterocycles. The minimum Gasteiger partial charge on any atom is -0.356 e. The predicted molar refractivity (Wildman–Crippen MR) is 117 cm³/mol. The highest BCUT2D eigenvalue weighted by molar-refractivity contribution is 7.11. The Hall–Kier alpha value is -1.89. The zero-order valence-electron chi connectivity index (χ0n) is 18.0. The van der Waals surface area contributed by atoms with Crippen LogP contribution in [0.25, 0.3) is 0 Å². The Labute approximate surface area is 173 Å². The summed E-state index contributed by atoms with van der Waals surface area (Å²) in [6.45, 7) is 6.09. The molecule has 0 saturated heterocycles. The third kappa shape index (κ3) is 5.13. The molecule has 0 bridgehead atoms. The van der Waals surface area contributed by atoms with Gasteiger partial charge in [-0.05, 0) is 38.0 Å². The highest BCUT2D eigenvalue weighted by Gasteiger charge is 2.16. The maximum atomic E-state index is 4.85. The summed E-state index contributed by atoms with van der Waals surface area (Å²) >= 11 is 1.93. The van der Waals surface area contributed by atoms with Gasteiger partial charge < -0.3 is 10.2 Å². The first-order valence-electron chi connectivity index (χ1n) is 10.4. The lowest BCUT2D eigenvalue weighted by Crippen LogP contribution is -2.39. The normalized spacial score (nSPS) is 14.4. The number of fused-ring (bicyclic) bond motifs is 1. The summed E-state index contributed by atoms with van der Waals surface area (Å²) in [5, 5.41) is 9.41. The Morgan fingerprint density at radius 1 is 1.36 bits per heavy atom. The summed E-state index contributed by atoms with van der Waals surface area (Å²) in [6.07, 6.45) is 9.27. The van der Waals surface area contributed by atoms with Crippen LogP contribution in [0.2, 0.25) is 0 Å². The summed E-state index contributed by atoms with van der Waals surface area (Å²) in [5.74, 6) is 1.35. The standard InChI is InChI=1S/C21H34N6S/c1-15(2)20-16(14-27(5)25-20)13-26(4)21(22-3)23-12-8-11-19-24-17-9-6-7-10-18(17)28-19/h14-15H,6-13H2,1-5H3,(H,22,23). The van der Waals surface area contributed by atoms with Crippen LogP contribution in [0.1, 0.15) is 65.9 Å². The maximum absolute atomic E-state index is 4.85. The van der Waals surface area contributed by atoms with Crippen molar-refractivity contribution in [2.75, 3.05) is 20.6 Å². The van der Waals surface area contributed by atoms with Gasteiger partial charge in [0.2, 0.25) is 0 Å². The molecule has 0 spiro atoms. The van der Waals surface area contributed by atoms with E-state index >= 15 is 0 Å². The van der Waals surface area contributed by atoms with E-state index in [0.717, 1.165) is 37.6 Å². The largest absolute Gasteiger partial charge is 0.356 e. The number of guanidine groups is 1. The summed E-state index contributed by atoms with van der Waals surface area (Å²) in [4.78, 5) is 13.0. The SMILES string of the molecule is CN=C(NCCCc1nc2c(s1)CCCC2)N(C)Cc1cn(C)nc1C(C)C. The van der Waals surface area contributed by atoms with Crippen LogP contribution < -0.4 is 5.32 Å². The second kappa shape index (κ2) is 9.54. The number of nitrogens with one attached hydrogen (secondary N) is 1. The van der Waals surface area contributed by atoms with Crippen molar-refractivity contribution in [2.24, 2.45) is 12.0 Å². The summed E-state index contributed by atoms with van der Waals surface area (Å²) in [5.41, 5.74) is 3.79. The van der Waals surface area contributed by atoms with Crippen LogP contribution in [-0.2, 0) is 32.9 Å². The summed E-state index contributed by atoms with van der Waals surface area (Å²) in [7, 11) is 5.92. The first-order chi connectivity index (χ1) is 13.5. The number of aryl methyl sites for hydroxylation is 4. The molecule has 28 heavy (non-hydrogen) atoms. The molecule has 2 aromatic rings. The lowest BCUT2D eigenvalue weighted by atomic mass is 10.0. The molecule has 0 atom stereocenters. The van der Waals surface area contributed by atoms with Crippen molar-refractivity contribution in [1.82, 2.24) is 25.0 Å². The van der Waals surface area contributed by atoms with Crippen LogP contribution in [0.15, 0.2) is 11.2 Å². The number of hydrogen-bond donors (Lipinski definition) is 1. The minimum atomic E-state index is 0.420. The molecule has 7 heteroatoms. The Kier molecular flexibility index (Phi) is 7.10. The van der Waals surface area contributed by atoms with Crippen molar-refractivity contribution in [3.05, 3.63) is 33.0 Å². The van der Waals surface area contributed by atoms with E-state index in [-0.39, 0.29) is 0 Å². The van der Waals surface area contributed by atoms with E-state index < -0.39 is 0 Å². The van der Waals surface area contributed by atoms with Gasteiger partial charge in [-0.2, -0.15) is 5.10 Å². The molecule has 0 amide bonds. The van der Waals surface area contributed by atoms with E-state index in [4.69, 9.17) is 4.98 Å². The second-order valence-electron chi connectivity index (χ2n) is 7.99. The Balaban J connectivity index is 1.48. The molecule has 0 unspecified atom stereocenters. The van der Waals surface area contributed by atoms with Crippen molar-refractivity contribution < 1.29 is 0 Å². The van der Waals surface area contributed by atoms with Gasteiger partial charge in [0, 0.05) is 57.3 Å². The smallest absolute Gasteiger partial charge is 0.193 e. The Morgan fingerprint density at radius 3 is 2.86 bits per heavy atom. The van der Waals surface area contributed by atoms with Crippen molar-refractivity contribution in [3.63, 3.8) is 0 Å². The maximum Gasteiger partial charge on any atom is 0.193 e. The van der Waals surface area contributed by atoms with Gasteiger partial charge in [0.25, 0.3) is 0 Å². The second-order valence-corrected chi connectivity index (χ2v) is 9.15. The minimum absolute atomic E-state index is 0.420. The van der Waals surface area contributed by atoms with E-state index in [1.165, 1.54) is 46.8 Å². The van der Waals surface area contributed by atoms with Gasteiger partial charge in [0.15, 0.2) is 5.96 Å². The molecule has 6 nitrogen and oxygen atoms in total. The van der Waals surface area contributed by atoms with Gasteiger partial charge in [-0.3, -0.25) is 9.67 Å². The average Bonchev–Trinajstić information content (AvgIpc) is 3.24. The fourth-order valence-electron chi connectivity index (χ4n) is 3.83. The number of nitrogens with zero attached hydrogens (tertiary/aromatic N) is 5. The third-order valence-corrected chi connectivity index (χ3v) is 6.42. The number of aliphatic imine (C=N–C) groups is 1. The van der Waals surface area contributed by atoms with E-state index in [1.807, 2.05) is 30.1 Å². The fourth-order valence-corrected chi connectivity index (χ4v) is 5.03. The summed E-state index contributed by atoms with van der Waals surface area (Å²) in [6, 6.07) is 0. The molecule has 0 aliphatic heterocycles. The lowest BCUT2D eigenvalue weighted by molar-refractivity contribution is 0.472. The van der Waals surface area contributed by atoms with E-state index in [0.29, 0.717) is 5.92 Å². The van der Waals surface area contributed by atoms with Crippen LogP contribution >= 0.6 is 11.3 Å². The topological polar surface area (TPSA) is 58.3 Å². The molecule has 154 valence electrons. The quantitative estimate of drug-likeness (QED) is 0.437. The molecule has 0 aromatic carbocycles. The zero-order valence-corrected chi connectivity index (χ0v) is 18.8. The molecular weight excluding hydrogens is 368 g/mol.